The molecule has 0 radical (unpaired) electrons. The molecular weight excluding hydrogens is 319 g/mol. The molecule has 24 heavy (non-hydrogen) atoms. The van der Waals surface area contributed by atoms with Crippen LogP contribution in [-0.4, -0.2) is 12.5 Å². The summed E-state index contributed by atoms with van der Waals surface area (Å²) in [6.45, 7) is 2.62. The van der Waals surface area contributed by atoms with E-state index in [2.05, 4.69) is 5.32 Å². The quantitative estimate of drug-likeness (QED) is 0.847. The molecule has 1 amide bonds. The molecular formula is C18H18F3NO2. The van der Waals surface area contributed by atoms with E-state index >= 15 is 0 Å². The molecule has 0 saturated carbocycles. The predicted octanol–water partition coefficient (Wildman–Crippen LogP) is 4.42. The first-order valence-corrected chi connectivity index (χ1v) is 7.57. The zero-order valence-electron chi connectivity index (χ0n) is 13.2. The highest BCUT2D eigenvalue weighted by molar-refractivity contribution is 5.94. The summed E-state index contributed by atoms with van der Waals surface area (Å²) < 4.78 is 43.4. The summed E-state index contributed by atoms with van der Waals surface area (Å²) in [5, 5.41) is 2.61. The van der Waals surface area contributed by atoms with Crippen LogP contribution in [0.4, 0.5) is 13.2 Å². The molecule has 0 fully saturated rings. The molecule has 2 aromatic carbocycles. The van der Waals surface area contributed by atoms with Crippen LogP contribution in [0.2, 0.25) is 0 Å². The summed E-state index contributed by atoms with van der Waals surface area (Å²) in [5.41, 5.74) is 0.0820. The van der Waals surface area contributed by atoms with Gasteiger partial charge in [-0.25, -0.2) is 0 Å². The Balaban J connectivity index is 1.95. The third kappa shape index (κ3) is 5.01. The number of benzene rings is 2. The van der Waals surface area contributed by atoms with Crippen molar-refractivity contribution < 1.29 is 22.7 Å². The first-order valence-electron chi connectivity index (χ1n) is 7.57. The van der Waals surface area contributed by atoms with Crippen LogP contribution in [0.1, 0.15) is 34.8 Å². The molecule has 0 aliphatic rings. The van der Waals surface area contributed by atoms with Gasteiger partial charge in [0.15, 0.2) is 0 Å². The standard InChI is InChI=1S/C18H18F3NO2/c1-2-10-24-16-8-6-14(7-9-16)17(23)22-12-13-4-3-5-15(11-13)18(19,20)21/h3-9,11H,2,10,12H2,1H3,(H,22,23). The molecule has 0 saturated heterocycles. The van der Waals surface area contributed by atoms with Crippen LogP contribution in [0.3, 0.4) is 0 Å². The lowest BCUT2D eigenvalue weighted by Crippen LogP contribution is -2.23. The fourth-order valence-electron chi connectivity index (χ4n) is 2.06. The maximum Gasteiger partial charge on any atom is 0.416 e. The van der Waals surface area contributed by atoms with E-state index in [-0.39, 0.29) is 12.5 Å². The zero-order chi connectivity index (χ0) is 17.6. The molecule has 0 heterocycles. The SMILES string of the molecule is CCCOc1ccc(C(=O)NCc2cccc(C(F)(F)F)c2)cc1. The number of amides is 1. The van der Waals surface area contributed by atoms with E-state index in [1.165, 1.54) is 12.1 Å². The van der Waals surface area contributed by atoms with Crippen LogP contribution in [0.5, 0.6) is 5.75 Å². The second kappa shape index (κ2) is 7.86. The number of ether oxygens (including phenoxy) is 1. The number of carbonyl (C=O) groups is 1. The Hall–Kier alpha value is -2.50. The Kier molecular flexibility index (Phi) is 5.84. The van der Waals surface area contributed by atoms with Gasteiger partial charge in [0.1, 0.15) is 5.75 Å². The first-order chi connectivity index (χ1) is 11.4. The lowest BCUT2D eigenvalue weighted by Gasteiger charge is -2.10. The number of hydrogen-bond donors (Lipinski definition) is 1. The molecule has 6 heteroatoms. The molecule has 0 spiro atoms. The zero-order valence-corrected chi connectivity index (χ0v) is 13.2. The smallest absolute Gasteiger partial charge is 0.416 e. The van der Waals surface area contributed by atoms with E-state index in [1.54, 1.807) is 24.3 Å². The first kappa shape index (κ1) is 17.8. The third-order valence-corrected chi connectivity index (χ3v) is 3.30. The second-order valence-electron chi connectivity index (χ2n) is 5.25. The van der Waals surface area contributed by atoms with Crippen molar-refractivity contribution in [2.24, 2.45) is 0 Å². The van der Waals surface area contributed by atoms with Gasteiger partial charge < -0.3 is 10.1 Å². The maximum atomic E-state index is 12.7. The average molecular weight is 337 g/mol. The van der Waals surface area contributed by atoms with Crippen LogP contribution in [-0.2, 0) is 12.7 Å². The Labute approximate surface area is 138 Å². The molecule has 3 nitrogen and oxygen atoms in total. The van der Waals surface area contributed by atoms with E-state index in [9.17, 15) is 18.0 Å². The Bertz CT molecular complexity index is 681. The number of hydrogen-bond acceptors (Lipinski definition) is 2. The molecule has 0 aliphatic carbocycles. The third-order valence-electron chi connectivity index (χ3n) is 3.30. The summed E-state index contributed by atoms with van der Waals surface area (Å²) >= 11 is 0. The van der Waals surface area contributed by atoms with Crippen molar-refractivity contribution >= 4 is 5.91 Å². The summed E-state index contributed by atoms with van der Waals surface area (Å²) in [7, 11) is 0. The highest BCUT2D eigenvalue weighted by atomic mass is 19.4. The van der Waals surface area contributed by atoms with Crippen molar-refractivity contribution in [3.63, 3.8) is 0 Å². The molecule has 1 N–H and O–H groups in total. The summed E-state index contributed by atoms with van der Waals surface area (Å²) in [6, 6.07) is 11.5. The Morgan fingerprint density at radius 3 is 2.46 bits per heavy atom. The van der Waals surface area contributed by atoms with E-state index in [0.717, 1.165) is 18.6 Å². The topological polar surface area (TPSA) is 38.3 Å². The molecule has 128 valence electrons. The molecule has 2 rings (SSSR count). The van der Waals surface area contributed by atoms with Gasteiger partial charge in [-0.05, 0) is 48.4 Å². The number of alkyl halides is 3. The van der Waals surface area contributed by atoms with Crippen LogP contribution >= 0.6 is 0 Å². The largest absolute Gasteiger partial charge is 0.494 e. The highest BCUT2D eigenvalue weighted by Crippen LogP contribution is 2.29. The van der Waals surface area contributed by atoms with Crippen LogP contribution in [0.25, 0.3) is 0 Å². The van der Waals surface area contributed by atoms with Crippen molar-refractivity contribution in [2.75, 3.05) is 6.61 Å². The van der Waals surface area contributed by atoms with Crippen molar-refractivity contribution in [3.05, 3.63) is 65.2 Å². The molecule has 0 atom stereocenters. The molecule has 0 bridgehead atoms. The molecule has 0 aromatic heterocycles. The van der Waals surface area contributed by atoms with Gasteiger partial charge in [-0.15, -0.1) is 0 Å². The van der Waals surface area contributed by atoms with Gasteiger partial charge in [0.2, 0.25) is 0 Å². The van der Waals surface area contributed by atoms with Gasteiger partial charge in [-0.2, -0.15) is 13.2 Å². The van der Waals surface area contributed by atoms with Crippen molar-refractivity contribution in [1.29, 1.82) is 0 Å². The van der Waals surface area contributed by atoms with Crippen molar-refractivity contribution in [1.82, 2.24) is 5.32 Å². The van der Waals surface area contributed by atoms with Gasteiger partial charge in [0, 0.05) is 12.1 Å². The normalized spacial score (nSPS) is 11.2. The van der Waals surface area contributed by atoms with Crippen molar-refractivity contribution in [3.8, 4) is 5.75 Å². The van der Waals surface area contributed by atoms with E-state index in [0.29, 0.717) is 23.5 Å². The molecule has 0 unspecified atom stereocenters. The number of nitrogens with one attached hydrogen (secondary N) is 1. The van der Waals surface area contributed by atoms with Gasteiger partial charge in [-0.3, -0.25) is 4.79 Å². The van der Waals surface area contributed by atoms with E-state index in [4.69, 9.17) is 4.74 Å². The summed E-state index contributed by atoms with van der Waals surface area (Å²) in [4.78, 5) is 12.1. The predicted molar refractivity (Wildman–Crippen MR) is 84.8 cm³/mol. The van der Waals surface area contributed by atoms with Crippen molar-refractivity contribution in [2.45, 2.75) is 26.1 Å². The summed E-state index contributed by atoms with van der Waals surface area (Å²) in [5.74, 6) is 0.320. The second-order valence-corrected chi connectivity index (χ2v) is 5.25. The lowest BCUT2D eigenvalue weighted by molar-refractivity contribution is -0.137. The van der Waals surface area contributed by atoms with Gasteiger partial charge in [0.05, 0.1) is 12.2 Å². The number of carbonyl (C=O) groups excluding carboxylic acids is 1. The molecule has 2 aromatic rings. The number of halogens is 3. The Morgan fingerprint density at radius 2 is 1.83 bits per heavy atom. The van der Waals surface area contributed by atoms with E-state index < -0.39 is 11.7 Å². The highest BCUT2D eigenvalue weighted by Gasteiger charge is 2.30. The van der Waals surface area contributed by atoms with Gasteiger partial charge >= 0.3 is 6.18 Å². The summed E-state index contributed by atoms with van der Waals surface area (Å²) in [6.07, 6.45) is -3.51. The average Bonchev–Trinajstić information content (AvgIpc) is 2.58. The fourth-order valence-corrected chi connectivity index (χ4v) is 2.06. The fraction of sp³-hybridized carbons (Fsp3) is 0.278. The lowest BCUT2D eigenvalue weighted by atomic mass is 10.1. The van der Waals surface area contributed by atoms with Gasteiger partial charge in [-0.1, -0.05) is 19.1 Å². The maximum absolute atomic E-state index is 12.7. The van der Waals surface area contributed by atoms with Crippen LogP contribution in [0, 0.1) is 0 Å². The van der Waals surface area contributed by atoms with Gasteiger partial charge in [0.25, 0.3) is 5.91 Å². The van der Waals surface area contributed by atoms with Crippen LogP contribution < -0.4 is 10.1 Å². The minimum absolute atomic E-state index is 0.0246. The van der Waals surface area contributed by atoms with E-state index in [1.807, 2.05) is 6.92 Å². The minimum Gasteiger partial charge on any atom is -0.494 e. The minimum atomic E-state index is -4.39. The van der Waals surface area contributed by atoms with Crippen LogP contribution in [0.15, 0.2) is 48.5 Å². The molecule has 0 aliphatic heterocycles. The number of rotatable bonds is 6. The Morgan fingerprint density at radius 1 is 1.12 bits per heavy atom. The monoisotopic (exact) mass is 337 g/mol.